The Labute approximate surface area is 142 Å². The van der Waals surface area contributed by atoms with Crippen LogP contribution in [0, 0.1) is 0 Å². The molecule has 130 valence electrons. The maximum atomic E-state index is 12.9. The van der Waals surface area contributed by atoms with Gasteiger partial charge in [0.1, 0.15) is 25.0 Å². The van der Waals surface area contributed by atoms with Crippen molar-refractivity contribution in [1.29, 1.82) is 0 Å². The highest BCUT2D eigenvalue weighted by atomic mass is 35.5. The molecule has 0 amide bonds. The first-order valence-electron chi connectivity index (χ1n) is 7.82. The van der Waals surface area contributed by atoms with E-state index in [1.807, 2.05) is 0 Å². The summed E-state index contributed by atoms with van der Waals surface area (Å²) < 4.78 is 50.0. The Morgan fingerprint density at radius 2 is 2.04 bits per heavy atom. The van der Waals surface area contributed by atoms with Gasteiger partial charge in [-0.3, -0.25) is 0 Å². The van der Waals surface area contributed by atoms with Crippen LogP contribution in [0.1, 0.15) is 24.2 Å². The maximum Gasteiger partial charge on any atom is 0.417 e. The Hall–Kier alpha value is -1.50. The predicted molar refractivity (Wildman–Crippen MR) is 83.6 cm³/mol. The first-order chi connectivity index (χ1) is 11.4. The molecule has 1 atom stereocenters. The summed E-state index contributed by atoms with van der Waals surface area (Å²) >= 11 is 5.64. The molecule has 0 spiro atoms. The van der Waals surface area contributed by atoms with Crippen LogP contribution in [0.5, 0.6) is 0 Å². The summed E-state index contributed by atoms with van der Waals surface area (Å²) in [6, 6.07) is 7.24. The van der Waals surface area contributed by atoms with Crippen LogP contribution in [0.4, 0.5) is 13.2 Å². The van der Waals surface area contributed by atoms with Gasteiger partial charge in [0.2, 0.25) is 0 Å². The second kappa shape index (κ2) is 7.17. The molecule has 1 aliphatic heterocycles. The molecular weight excluding hydrogens is 343 g/mol. The Bertz CT molecular complexity index is 693. The van der Waals surface area contributed by atoms with Gasteiger partial charge in [-0.1, -0.05) is 11.6 Å². The van der Waals surface area contributed by atoms with E-state index in [1.165, 1.54) is 12.1 Å². The van der Waals surface area contributed by atoms with Crippen molar-refractivity contribution in [3.63, 3.8) is 0 Å². The van der Waals surface area contributed by atoms with Crippen molar-refractivity contribution in [2.45, 2.75) is 31.7 Å². The average Bonchev–Trinajstić information content (AvgIpc) is 3.18. The van der Waals surface area contributed by atoms with Crippen LogP contribution in [-0.2, 0) is 17.5 Å². The molecule has 2 N–H and O–H groups in total. The minimum absolute atomic E-state index is 0.282. The molecule has 1 saturated heterocycles. The Morgan fingerprint density at radius 3 is 2.75 bits per heavy atom. The molecule has 7 heteroatoms. The minimum Gasteiger partial charge on any atom is -0.455 e. The van der Waals surface area contributed by atoms with Crippen LogP contribution in [0.3, 0.4) is 0 Å². The highest BCUT2D eigenvalue weighted by molar-refractivity contribution is 6.31. The van der Waals surface area contributed by atoms with Crippen LogP contribution >= 0.6 is 11.6 Å². The van der Waals surface area contributed by atoms with Crippen molar-refractivity contribution in [3.8, 4) is 11.3 Å². The number of alkyl halides is 3. The van der Waals surface area contributed by atoms with Gasteiger partial charge in [0.05, 0.1) is 10.6 Å². The van der Waals surface area contributed by atoms with Crippen LogP contribution in [0.25, 0.3) is 11.3 Å². The maximum absolute atomic E-state index is 12.9. The van der Waals surface area contributed by atoms with Gasteiger partial charge in [0, 0.05) is 12.2 Å². The number of benzene rings is 1. The number of rotatable bonds is 5. The summed E-state index contributed by atoms with van der Waals surface area (Å²) in [6.45, 7) is 2.30. The van der Waals surface area contributed by atoms with E-state index in [1.54, 1.807) is 12.1 Å². The number of hydrogen-bond donors (Lipinski definition) is 1. The van der Waals surface area contributed by atoms with Gasteiger partial charge >= 0.3 is 6.18 Å². The smallest absolute Gasteiger partial charge is 0.417 e. The number of nitrogens with two attached hydrogens (primary N) is 1. The lowest BCUT2D eigenvalue weighted by Gasteiger charge is -2.10. The molecule has 0 saturated carbocycles. The fourth-order valence-corrected chi connectivity index (χ4v) is 3.00. The summed E-state index contributed by atoms with van der Waals surface area (Å²) in [4.78, 5) is 0. The summed E-state index contributed by atoms with van der Waals surface area (Å²) in [6.07, 6.45) is -2.03. The van der Waals surface area contributed by atoms with Crippen LogP contribution in [0.15, 0.2) is 34.7 Å². The molecule has 2 aromatic rings. The van der Waals surface area contributed by atoms with Gasteiger partial charge in [0.15, 0.2) is 5.76 Å². The fraction of sp³-hybridized carbons (Fsp3) is 0.412. The van der Waals surface area contributed by atoms with Gasteiger partial charge < -0.3 is 14.5 Å². The number of quaternary nitrogens is 1. The van der Waals surface area contributed by atoms with Gasteiger partial charge in [-0.05, 0) is 43.2 Å². The standard InChI is InChI=1S/C17H17ClF3NO2/c18-15-5-3-11(8-14(15)17(19,20)21)16-6-4-13(24-16)10-22-9-12-2-1-7-23-12/h3-6,8,12,22H,1-2,7,9-10H2/p+1/t12-/m1/s1. The highest BCUT2D eigenvalue weighted by Crippen LogP contribution is 2.37. The normalized spacial score (nSPS) is 18.2. The largest absolute Gasteiger partial charge is 0.455 e. The number of hydrogen-bond acceptors (Lipinski definition) is 2. The first-order valence-corrected chi connectivity index (χ1v) is 8.20. The quantitative estimate of drug-likeness (QED) is 0.879. The van der Waals surface area contributed by atoms with Crippen molar-refractivity contribution < 1.29 is 27.6 Å². The molecule has 3 rings (SSSR count). The Balaban J connectivity index is 1.66. The lowest BCUT2D eigenvalue weighted by Crippen LogP contribution is -2.84. The zero-order valence-corrected chi connectivity index (χ0v) is 13.7. The van der Waals surface area contributed by atoms with Crippen molar-refractivity contribution in [2.75, 3.05) is 13.2 Å². The van der Waals surface area contributed by atoms with E-state index in [4.69, 9.17) is 20.8 Å². The molecule has 1 aromatic heterocycles. The molecular formula is C17H18ClF3NO2+. The summed E-state index contributed by atoms with van der Waals surface area (Å²) in [7, 11) is 0. The highest BCUT2D eigenvalue weighted by Gasteiger charge is 2.33. The molecule has 1 fully saturated rings. The molecule has 0 aliphatic carbocycles. The Morgan fingerprint density at radius 1 is 1.21 bits per heavy atom. The van der Waals surface area contributed by atoms with Gasteiger partial charge in [-0.15, -0.1) is 0 Å². The van der Waals surface area contributed by atoms with Crippen molar-refractivity contribution >= 4 is 11.6 Å². The molecule has 1 aromatic carbocycles. The van der Waals surface area contributed by atoms with Crippen molar-refractivity contribution in [2.24, 2.45) is 0 Å². The topological polar surface area (TPSA) is 39.0 Å². The lowest BCUT2D eigenvalue weighted by molar-refractivity contribution is -0.677. The van der Waals surface area contributed by atoms with E-state index >= 15 is 0 Å². The van der Waals surface area contributed by atoms with Crippen molar-refractivity contribution in [1.82, 2.24) is 0 Å². The van der Waals surface area contributed by atoms with E-state index in [9.17, 15) is 13.2 Å². The monoisotopic (exact) mass is 360 g/mol. The molecule has 0 bridgehead atoms. The second-order valence-electron chi connectivity index (χ2n) is 5.82. The Kier molecular flexibility index (Phi) is 5.18. The SMILES string of the molecule is FC(F)(F)c1cc(-c2ccc(C[NH2+]C[C@H]3CCCO3)o2)ccc1Cl. The first kappa shape index (κ1) is 17.3. The summed E-state index contributed by atoms with van der Waals surface area (Å²) in [5.41, 5.74) is -0.498. The third-order valence-electron chi connectivity index (χ3n) is 4.02. The van der Waals surface area contributed by atoms with Crippen LogP contribution in [0.2, 0.25) is 5.02 Å². The third-order valence-corrected chi connectivity index (χ3v) is 4.35. The molecule has 1 aliphatic rings. The molecule has 24 heavy (non-hydrogen) atoms. The van der Waals surface area contributed by atoms with E-state index < -0.39 is 11.7 Å². The minimum atomic E-state index is -4.49. The van der Waals surface area contributed by atoms with Crippen molar-refractivity contribution in [3.05, 3.63) is 46.7 Å². The van der Waals surface area contributed by atoms with Gasteiger partial charge in [-0.2, -0.15) is 13.2 Å². The number of ether oxygens (including phenoxy) is 1. The second-order valence-corrected chi connectivity index (χ2v) is 6.23. The lowest BCUT2D eigenvalue weighted by atomic mass is 10.1. The molecule has 0 unspecified atom stereocenters. The number of furan rings is 1. The molecule has 2 heterocycles. The summed E-state index contributed by atoms with van der Waals surface area (Å²) in [5, 5.41) is 1.77. The zero-order chi connectivity index (χ0) is 17.2. The van der Waals surface area contributed by atoms with Crippen LogP contribution < -0.4 is 5.32 Å². The van der Waals surface area contributed by atoms with Crippen LogP contribution in [-0.4, -0.2) is 19.3 Å². The third kappa shape index (κ3) is 4.12. The predicted octanol–water partition coefficient (Wildman–Crippen LogP) is 3.86. The summed E-state index contributed by atoms with van der Waals surface area (Å²) in [5.74, 6) is 1.11. The van der Waals surface area contributed by atoms with Gasteiger partial charge in [-0.25, -0.2) is 0 Å². The zero-order valence-electron chi connectivity index (χ0n) is 12.9. The van der Waals surface area contributed by atoms with E-state index in [-0.39, 0.29) is 11.1 Å². The van der Waals surface area contributed by atoms with E-state index in [2.05, 4.69) is 5.32 Å². The van der Waals surface area contributed by atoms with E-state index in [0.717, 1.165) is 32.1 Å². The number of halogens is 4. The average molecular weight is 361 g/mol. The van der Waals surface area contributed by atoms with Gasteiger partial charge in [0.25, 0.3) is 0 Å². The molecule has 3 nitrogen and oxygen atoms in total. The van der Waals surface area contributed by atoms with E-state index in [0.29, 0.717) is 23.6 Å². The molecule has 0 radical (unpaired) electrons. The fourth-order valence-electron chi connectivity index (χ4n) is 2.78.